The van der Waals surface area contributed by atoms with Crippen molar-refractivity contribution in [3.63, 3.8) is 0 Å². The number of rotatable bonds is 4. The van der Waals surface area contributed by atoms with Crippen molar-refractivity contribution in [1.29, 1.82) is 0 Å². The van der Waals surface area contributed by atoms with E-state index in [0.717, 1.165) is 12.8 Å². The third kappa shape index (κ3) is 2.71. The van der Waals surface area contributed by atoms with Crippen molar-refractivity contribution in [2.45, 2.75) is 32.1 Å². The fraction of sp³-hybridized carbons (Fsp3) is 0.700. The number of nitrogens with one attached hydrogen (secondary N) is 2. The molecule has 88 valence electrons. The van der Waals surface area contributed by atoms with Crippen LogP contribution in [0.15, 0.2) is 0 Å². The average Bonchev–Trinajstić information content (AvgIpc) is 2.89. The Bertz CT molecular complexity index is 357. The molecular formula is C10H16N4O2. The molecule has 1 aromatic heterocycles. The van der Waals surface area contributed by atoms with E-state index in [9.17, 15) is 4.79 Å². The number of methoxy groups -OCH3 is 1. The largest absolute Gasteiger partial charge is 0.466 e. The first-order chi connectivity index (χ1) is 7.78. The van der Waals surface area contributed by atoms with Gasteiger partial charge >= 0.3 is 6.01 Å². The van der Waals surface area contributed by atoms with E-state index in [0.29, 0.717) is 18.3 Å². The highest BCUT2D eigenvalue weighted by molar-refractivity contribution is 5.89. The van der Waals surface area contributed by atoms with Gasteiger partial charge in [-0.25, -0.2) is 5.10 Å². The van der Waals surface area contributed by atoms with E-state index in [2.05, 4.69) is 20.5 Å². The summed E-state index contributed by atoms with van der Waals surface area (Å²) in [4.78, 5) is 15.5. The van der Waals surface area contributed by atoms with E-state index < -0.39 is 0 Å². The summed E-state index contributed by atoms with van der Waals surface area (Å²) in [5, 5.41) is 9.02. The Labute approximate surface area is 93.8 Å². The summed E-state index contributed by atoms with van der Waals surface area (Å²) in [6.07, 6.45) is 5.38. The lowest BCUT2D eigenvalue weighted by molar-refractivity contribution is -0.117. The Morgan fingerprint density at radius 1 is 1.56 bits per heavy atom. The van der Waals surface area contributed by atoms with Gasteiger partial charge in [0.2, 0.25) is 11.9 Å². The third-order valence-electron chi connectivity index (χ3n) is 2.85. The van der Waals surface area contributed by atoms with Gasteiger partial charge in [-0.1, -0.05) is 12.8 Å². The third-order valence-corrected chi connectivity index (χ3v) is 2.85. The Hall–Kier alpha value is -1.59. The lowest BCUT2D eigenvalue weighted by atomic mass is 10.0. The number of hydrogen-bond acceptors (Lipinski definition) is 4. The highest BCUT2D eigenvalue weighted by Crippen LogP contribution is 2.27. The Balaban J connectivity index is 1.81. The fourth-order valence-electron chi connectivity index (χ4n) is 2.05. The first kappa shape index (κ1) is 10.9. The Morgan fingerprint density at radius 3 is 2.94 bits per heavy atom. The van der Waals surface area contributed by atoms with E-state index in [1.807, 2.05) is 0 Å². The number of aromatic nitrogens is 3. The van der Waals surface area contributed by atoms with Gasteiger partial charge < -0.3 is 4.74 Å². The topological polar surface area (TPSA) is 79.9 Å². The summed E-state index contributed by atoms with van der Waals surface area (Å²) in [5.41, 5.74) is 0. The van der Waals surface area contributed by atoms with Gasteiger partial charge in [0.05, 0.1) is 7.11 Å². The van der Waals surface area contributed by atoms with Gasteiger partial charge in [0.15, 0.2) is 0 Å². The number of nitrogens with zero attached hydrogens (tertiary/aromatic N) is 2. The van der Waals surface area contributed by atoms with E-state index >= 15 is 0 Å². The second-order valence-corrected chi connectivity index (χ2v) is 4.07. The number of aromatic amines is 1. The number of amides is 1. The molecule has 1 amide bonds. The number of H-pyrrole nitrogens is 1. The standard InChI is InChI=1S/C10H16N4O2/c1-16-10-12-9(13-14-10)11-8(15)6-7-4-2-3-5-7/h7H,2-6H2,1H3,(H2,11,12,13,14,15). The Kier molecular flexibility index (Phi) is 3.38. The maximum atomic E-state index is 11.6. The zero-order valence-electron chi connectivity index (χ0n) is 9.32. The average molecular weight is 224 g/mol. The minimum absolute atomic E-state index is 0.00861. The van der Waals surface area contributed by atoms with Crippen LogP contribution in [0, 0.1) is 5.92 Å². The summed E-state index contributed by atoms with van der Waals surface area (Å²) < 4.78 is 4.81. The highest BCUT2D eigenvalue weighted by Gasteiger charge is 2.19. The molecule has 0 unspecified atom stereocenters. The molecule has 1 aliphatic rings. The smallest absolute Gasteiger partial charge is 0.336 e. The van der Waals surface area contributed by atoms with Crippen molar-refractivity contribution in [2.24, 2.45) is 5.92 Å². The lowest BCUT2D eigenvalue weighted by Crippen LogP contribution is -2.15. The number of carbonyl (C=O) groups excluding carboxylic acids is 1. The van der Waals surface area contributed by atoms with Crippen LogP contribution in [-0.2, 0) is 4.79 Å². The summed E-state index contributed by atoms with van der Waals surface area (Å²) in [5.74, 6) is 0.871. The molecule has 2 rings (SSSR count). The van der Waals surface area contributed by atoms with Crippen LogP contribution < -0.4 is 10.1 Å². The molecule has 1 saturated carbocycles. The molecule has 1 aliphatic carbocycles. The molecular weight excluding hydrogens is 208 g/mol. The Morgan fingerprint density at radius 2 is 2.31 bits per heavy atom. The van der Waals surface area contributed by atoms with E-state index in [1.54, 1.807) is 0 Å². The molecule has 0 saturated heterocycles. The molecule has 1 fully saturated rings. The van der Waals surface area contributed by atoms with Crippen LogP contribution >= 0.6 is 0 Å². The monoisotopic (exact) mass is 224 g/mol. The summed E-state index contributed by atoms with van der Waals surface area (Å²) in [6.45, 7) is 0. The van der Waals surface area contributed by atoms with Crippen LogP contribution in [0.4, 0.5) is 5.95 Å². The first-order valence-electron chi connectivity index (χ1n) is 5.54. The molecule has 0 aromatic carbocycles. The molecule has 1 aromatic rings. The van der Waals surface area contributed by atoms with Crippen molar-refractivity contribution >= 4 is 11.9 Å². The molecule has 0 atom stereocenters. The summed E-state index contributed by atoms with van der Waals surface area (Å²) in [7, 11) is 1.48. The fourth-order valence-corrected chi connectivity index (χ4v) is 2.05. The predicted octanol–water partition coefficient (Wildman–Crippen LogP) is 1.33. The number of carbonyl (C=O) groups is 1. The maximum absolute atomic E-state index is 11.6. The van der Waals surface area contributed by atoms with Crippen LogP contribution in [0.1, 0.15) is 32.1 Å². The van der Waals surface area contributed by atoms with Crippen LogP contribution in [0.5, 0.6) is 6.01 Å². The van der Waals surface area contributed by atoms with Gasteiger partial charge in [-0.3, -0.25) is 10.1 Å². The predicted molar refractivity (Wildman–Crippen MR) is 58.1 cm³/mol. The van der Waals surface area contributed by atoms with Crippen LogP contribution in [0.25, 0.3) is 0 Å². The summed E-state index contributed by atoms with van der Waals surface area (Å²) >= 11 is 0. The van der Waals surface area contributed by atoms with Gasteiger partial charge in [-0.15, -0.1) is 5.10 Å². The molecule has 2 N–H and O–H groups in total. The van der Waals surface area contributed by atoms with E-state index in [1.165, 1.54) is 20.0 Å². The SMILES string of the molecule is COc1n[nH]c(NC(=O)CC2CCCC2)n1. The quantitative estimate of drug-likeness (QED) is 0.808. The van der Waals surface area contributed by atoms with Crippen LogP contribution in [0.2, 0.25) is 0 Å². The van der Waals surface area contributed by atoms with Crippen LogP contribution in [0.3, 0.4) is 0 Å². The van der Waals surface area contributed by atoms with Gasteiger partial charge in [0.25, 0.3) is 0 Å². The van der Waals surface area contributed by atoms with Gasteiger partial charge in [0, 0.05) is 6.42 Å². The number of ether oxygens (including phenoxy) is 1. The molecule has 0 aliphatic heterocycles. The summed E-state index contributed by atoms with van der Waals surface area (Å²) in [6, 6.07) is 0.233. The second-order valence-electron chi connectivity index (χ2n) is 4.07. The van der Waals surface area contributed by atoms with Crippen molar-refractivity contribution in [1.82, 2.24) is 15.2 Å². The van der Waals surface area contributed by atoms with Crippen molar-refractivity contribution in [3.8, 4) is 6.01 Å². The van der Waals surface area contributed by atoms with Crippen molar-refractivity contribution in [2.75, 3.05) is 12.4 Å². The molecule has 0 spiro atoms. The van der Waals surface area contributed by atoms with Gasteiger partial charge in [0.1, 0.15) is 0 Å². The minimum Gasteiger partial charge on any atom is -0.466 e. The van der Waals surface area contributed by atoms with Gasteiger partial charge in [-0.05, 0) is 18.8 Å². The second kappa shape index (κ2) is 4.96. The molecule has 6 heteroatoms. The zero-order valence-corrected chi connectivity index (χ0v) is 9.32. The maximum Gasteiger partial charge on any atom is 0.336 e. The first-order valence-corrected chi connectivity index (χ1v) is 5.54. The zero-order chi connectivity index (χ0) is 11.4. The van der Waals surface area contributed by atoms with Gasteiger partial charge in [-0.2, -0.15) is 4.98 Å². The van der Waals surface area contributed by atoms with E-state index in [-0.39, 0.29) is 11.9 Å². The number of anilines is 1. The molecule has 6 nitrogen and oxygen atoms in total. The molecule has 0 radical (unpaired) electrons. The number of hydrogen-bond donors (Lipinski definition) is 2. The highest BCUT2D eigenvalue weighted by atomic mass is 16.5. The van der Waals surface area contributed by atoms with E-state index in [4.69, 9.17) is 4.74 Å². The molecule has 1 heterocycles. The minimum atomic E-state index is -0.00861. The van der Waals surface area contributed by atoms with Crippen molar-refractivity contribution < 1.29 is 9.53 Å². The molecule has 16 heavy (non-hydrogen) atoms. The molecule has 0 bridgehead atoms. The van der Waals surface area contributed by atoms with Crippen LogP contribution in [-0.4, -0.2) is 28.2 Å². The lowest BCUT2D eigenvalue weighted by Gasteiger charge is -2.06. The normalized spacial score (nSPS) is 16.3. The van der Waals surface area contributed by atoms with Crippen molar-refractivity contribution in [3.05, 3.63) is 0 Å².